The van der Waals surface area contributed by atoms with Crippen molar-refractivity contribution < 1.29 is 18.0 Å². The fourth-order valence-corrected chi connectivity index (χ4v) is 7.08. The second-order valence-electron chi connectivity index (χ2n) is 12.7. The van der Waals surface area contributed by atoms with Crippen LogP contribution in [-0.2, 0) is 32.6 Å². The number of halogens is 2. The summed E-state index contributed by atoms with van der Waals surface area (Å²) in [6, 6.07) is 27.1. The van der Waals surface area contributed by atoms with Crippen LogP contribution in [0.5, 0.6) is 0 Å². The first-order valence-corrected chi connectivity index (χ1v) is 18.2. The van der Waals surface area contributed by atoms with Gasteiger partial charge in [0.15, 0.2) is 0 Å². The summed E-state index contributed by atoms with van der Waals surface area (Å²) in [6.45, 7) is 9.76. The van der Waals surface area contributed by atoms with Crippen molar-refractivity contribution in [2.45, 2.75) is 64.4 Å². The Kier molecular flexibility index (Phi) is 12.7. The predicted octanol–water partition coefficient (Wildman–Crippen LogP) is 8.03. The first kappa shape index (κ1) is 37.0. The van der Waals surface area contributed by atoms with Crippen LogP contribution in [0.25, 0.3) is 0 Å². The lowest BCUT2D eigenvalue weighted by Crippen LogP contribution is -2.53. The van der Waals surface area contributed by atoms with Crippen LogP contribution >= 0.6 is 23.2 Å². The zero-order valence-corrected chi connectivity index (χ0v) is 30.3. The first-order valence-electron chi connectivity index (χ1n) is 16.0. The lowest BCUT2D eigenvalue weighted by Gasteiger charge is -2.34. The zero-order valence-electron chi connectivity index (χ0n) is 28.0. The molecular weight excluding hydrogens is 665 g/mol. The van der Waals surface area contributed by atoms with Gasteiger partial charge in [0, 0.05) is 29.6 Å². The molecule has 0 aliphatic heterocycles. The maximum atomic E-state index is 14.7. The summed E-state index contributed by atoms with van der Waals surface area (Å²) >= 11 is 12.8. The van der Waals surface area contributed by atoms with E-state index in [1.807, 2.05) is 63.2 Å². The van der Waals surface area contributed by atoms with Gasteiger partial charge in [0.05, 0.1) is 10.6 Å². The smallest absolute Gasteiger partial charge is 0.264 e. The minimum atomic E-state index is -4.20. The molecule has 1 atom stereocenters. The largest absolute Gasteiger partial charge is 0.354 e. The second kappa shape index (κ2) is 16.5. The van der Waals surface area contributed by atoms with Crippen molar-refractivity contribution >= 4 is 50.7 Å². The topological polar surface area (TPSA) is 86.8 Å². The normalized spacial score (nSPS) is 12.2. The second-order valence-corrected chi connectivity index (χ2v) is 15.4. The summed E-state index contributed by atoms with van der Waals surface area (Å²) in [7, 11) is -4.20. The minimum absolute atomic E-state index is 0.0495. The van der Waals surface area contributed by atoms with Crippen LogP contribution in [0, 0.1) is 12.8 Å². The number of aryl methyl sites for hydroxylation is 1. The maximum Gasteiger partial charge on any atom is 0.264 e. The molecule has 0 spiro atoms. The van der Waals surface area contributed by atoms with Crippen molar-refractivity contribution in [2.24, 2.45) is 5.92 Å². The summed E-state index contributed by atoms with van der Waals surface area (Å²) in [5.74, 6) is -0.513. The fraction of sp³-hybridized carbons (Fsp3) is 0.316. The Morgan fingerprint density at radius 1 is 0.833 bits per heavy atom. The summed E-state index contributed by atoms with van der Waals surface area (Å²) < 4.78 is 29.7. The minimum Gasteiger partial charge on any atom is -0.354 e. The third kappa shape index (κ3) is 9.62. The molecular formula is C38H43Cl2N3O4S. The monoisotopic (exact) mass is 707 g/mol. The van der Waals surface area contributed by atoms with Crippen molar-refractivity contribution in [3.05, 3.63) is 129 Å². The number of nitrogens with one attached hydrogen (secondary N) is 1. The highest BCUT2D eigenvalue weighted by molar-refractivity contribution is 7.92. The van der Waals surface area contributed by atoms with E-state index >= 15 is 0 Å². The molecule has 0 aliphatic carbocycles. The lowest BCUT2D eigenvalue weighted by molar-refractivity contribution is -0.140. The summed E-state index contributed by atoms with van der Waals surface area (Å²) in [5, 5.41) is 3.75. The first-order chi connectivity index (χ1) is 22.8. The van der Waals surface area contributed by atoms with E-state index in [9.17, 15) is 18.0 Å². The molecule has 4 aromatic rings. The standard InChI is InChI=1S/C38H43Cl2N3O4S/c1-26(2)23-41-38(45)36(21-29-9-7-6-8-10-29)42(24-31-13-16-32(39)22-35(31)40)37(44)25-43(33-17-14-30(15-18-33)27(3)4)48(46,47)34-19-11-28(5)12-20-34/h6-20,22,26-27,36H,21,23-25H2,1-5H3,(H,41,45). The molecule has 0 saturated heterocycles. The van der Waals surface area contributed by atoms with Gasteiger partial charge in [-0.25, -0.2) is 8.42 Å². The van der Waals surface area contributed by atoms with Crippen LogP contribution in [0.3, 0.4) is 0 Å². The van der Waals surface area contributed by atoms with Crippen LogP contribution in [0.4, 0.5) is 5.69 Å². The maximum absolute atomic E-state index is 14.7. The van der Waals surface area contributed by atoms with Gasteiger partial charge in [-0.1, -0.05) is 117 Å². The molecule has 0 radical (unpaired) electrons. The number of hydrogen-bond donors (Lipinski definition) is 1. The molecule has 48 heavy (non-hydrogen) atoms. The Balaban J connectivity index is 1.83. The van der Waals surface area contributed by atoms with Gasteiger partial charge in [0.25, 0.3) is 10.0 Å². The lowest BCUT2D eigenvalue weighted by atomic mass is 10.0. The Morgan fingerprint density at radius 2 is 1.48 bits per heavy atom. The van der Waals surface area contributed by atoms with Crippen LogP contribution in [0.15, 0.2) is 102 Å². The van der Waals surface area contributed by atoms with Crippen LogP contribution in [0.1, 0.15) is 55.9 Å². The highest BCUT2D eigenvalue weighted by Crippen LogP contribution is 2.28. The van der Waals surface area contributed by atoms with E-state index < -0.39 is 28.5 Å². The van der Waals surface area contributed by atoms with Gasteiger partial charge < -0.3 is 10.2 Å². The number of carbonyl (C=O) groups excluding carboxylic acids is 2. The van der Waals surface area contributed by atoms with Gasteiger partial charge in [-0.05, 0) is 71.8 Å². The third-order valence-corrected chi connectivity index (χ3v) is 10.4. The van der Waals surface area contributed by atoms with Gasteiger partial charge in [0.1, 0.15) is 12.6 Å². The van der Waals surface area contributed by atoms with Crippen molar-refractivity contribution in [3.63, 3.8) is 0 Å². The van der Waals surface area contributed by atoms with Crippen LogP contribution in [0.2, 0.25) is 10.0 Å². The average Bonchev–Trinajstić information content (AvgIpc) is 3.05. The van der Waals surface area contributed by atoms with E-state index in [2.05, 4.69) is 19.2 Å². The van der Waals surface area contributed by atoms with E-state index in [-0.39, 0.29) is 35.6 Å². The van der Waals surface area contributed by atoms with Crippen LogP contribution in [-0.4, -0.2) is 44.3 Å². The average molecular weight is 709 g/mol. The van der Waals surface area contributed by atoms with E-state index in [0.29, 0.717) is 27.8 Å². The summed E-state index contributed by atoms with van der Waals surface area (Å²) in [5.41, 5.74) is 3.68. The Hall–Kier alpha value is -3.85. The molecule has 0 aromatic heterocycles. The number of amides is 2. The van der Waals surface area contributed by atoms with E-state index in [4.69, 9.17) is 23.2 Å². The molecule has 0 saturated carbocycles. The molecule has 254 valence electrons. The molecule has 0 fully saturated rings. The molecule has 10 heteroatoms. The molecule has 1 N–H and O–H groups in total. The van der Waals surface area contributed by atoms with Gasteiger partial charge in [-0.3, -0.25) is 13.9 Å². The summed E-state index contributed by atoms with van der Waals surface area (Å²) in [6.07, 6.45) is 0.204. The molecule has 0 heterocycles. The zero-order chi connectivity index (χ0) is 35.0. The summed E-state index contributed by atoms with van der Waals surface area (Å²) in [4.78, 5) is 30.1. The Morgan fingerprint density at radius 3 is 2.06 bits per heavy atom. The van der Waals surface area contributed by atoms with Gasteiger partial charge in [0.2, 0.25) is 11.8 Å². The number of benzene rings is 4. The quantitative estimate of drug-likeness (QED) is 0.144. The number of carbonyl (C=O) groups is 2. The SMILES string of the molecule is Cc1ccc(S(=O)(=O)N(CC(=O)N(Cc2ccc(Cl)cc2Cl)C(Cc2ccccc2)C(=O)NCC(C)C)c2ccc(C(C)C)cc2)cc1. The number of rotatable bonds is 14. The molecule has 0 aliphatic rings. The van der Waals surface area contributed by atoms with Crippen molar-refractivity contribution in [1.82, 2.24) is 10.2 Å². The molecule has 7 nitrogen and oxygen atoms in total. The van der Waals surface area contributed by atoms with E-state index in [0.717, 1.165) is 21.0 Å². The fourth-order valence-electron chi connectivity index (χ4n) is 5.20. The highest BCUT2D eigenvalue weighted by Gasteiger charge is 2.35. The van der Waals surface area contributed by atoms with E-state index in [1.165, 1.54) is 17.0 Å². The molecule has 2 amide bonds. The Bertz CT molecular complexity index is 1800. The predicted molar refractivity (Wildman–Crippen MR) is 195 cm³/mol. The number of hydrogen-bond acceptors (Lipinski definition) is 4. The molecule has 0 bridgehead atoms. The molecule has 4 aromatic carbocycles. The van der Waals surface area contributed by atoms with Crippen LogP contribution < -0.4 is 9.62 Å². The van der Waals surface area contributed by atoms with Gasteiger partial charge in [-0.15, -0.1) is 0 Å². The highest BCUT2D eigenvalue weighted by atomic mass is 35.5. The van der Waals surface area contributed by atoms with Gasteiger partial charge >= 0.3 is 0 Å². The van der Waals surface area contributed by atoms with Gasteiger partial charge in [-0.2, -0.15) is 0 Å². The van der Waals surface area contributed by atoms with E-state index in [1.54, 1.807) is 42.5 Å². The van der Waals surface area contributed by atoms with Crippen molar-refractivity contribution in [2.75, 3.05) is 17.4 Å². The Labute approximate surface area is 294 Å². The van der Waals surface area contributed by atoms with Crippen molar-refractivity contribution in [1.29, 1.82) is 0 Å². The third-order valence-electron chi connectivity index (χ3n) is 8.05. The number of anilines is 1. The molecule has 1 unspecified atom stereocenters. The number of nitrogens with zero attached hydrogens (tertiary/aromatic N) is 2. The molecule has 4 rings (SSSR count). The number of sulfonamides is 1. The van der Waals surface area contributed by atoms with Crippen molar-refractivity contribution in [3.8, 4) is 0 Å².